The highest BCUT2D eigenvalue weighted by molar-refractivity contribution is 6.38. The van der Waals surface area contributed by atoms with Gasteiger partial charge in [-0.1, -0.05) is 53.5 Å². The number of anilines is 1. The van der Waals surface area contributed by atoms with Crippen molar-refractivity contribution in [1.82, 2.24) is 0 Å². The summed E-state index contributed by atoms with van der Waals surface area (Å²) in [5, 5.41) is 11.8. The summed E-state index contributed by atoms with van der Waals surface area (Å²) in [5.41, 5.74) is 0.953. The Morgan fingerprint density at radius 3 is 2.33 bits per heavy atom. The van der Waals surface area contributed by atoms with Crippen molar-refractivity contribution >= 4 is 40.8 Å². The van der Waals surface area contributed by atoms with E-state index in [0.717, 1.165) is 5.56 Å². The largest absolute Gasteiger partial charge is 0.478 e. The molecule has 0 atom stereocenters. The molecule has 1 amide bonds. The molecule has 0 aliphatic carbocycles. The van der Waals surface area contributed by atoms with E-state index in [1.54, 1.807) is 0 Å². The van der Waals surface area contributed by atoms with Crippen LogP contribution in [0.3, 0.4) is 0 Å². The number of hydrogen-bond donors (Lipinski definition) is 2. The molecule has 0 fully saturated rings. The maximum atomic E-state index is 11.9. The van der Waals surface area contributed by atoms with Crippen LogP contribution in [0.4, 0.5) is 5.69 Å². The molecule has 108 valence electrons. The van der Waals surface area contributed by atoms with Gasteiger partial charge in [0.2, 0.25) is 5.91 Å². The van der Waals surface area contributed by atoms with Crippen LogP contribution in [0.2, 0.25) is 10.0 Å². The van der Waals surface area contributed by atoms with Crippen LogP contribution in [-0.2, 0) is 11.2 Å². The van der Waals surface area contributed by atoms with E-state index in [-0.39, 0.29) is 33.6 Å². The second-order valence-electron chi connectivity index (χ2n) is 4.33. The highest BCUT2D eigenvalue weighted by Crippen LogP contribution is 2.29. The van der Waals surface area contributed by atoms with Gasteiger partial charge in [-0.25, -0.2) is 4.79 Å². The van der Waals surface area contributed by atoms with Gasteiger partial charge in [-0.3, -0.25) is 4.79 Å². The molecule has 0 aromatic heterocycles. The number of halogens is 2. The molecule has 0 radical (unpaired) electrons. The van der Waals surface area contributed by atoms with Crippen molar-refractivity contribution in [3.8, 4) is 0 Å². The van der Waals surface area contributed by atoms with Gasteiger partial charge in [0.25, 0.3) is 0 Å². The maximum Gasteiger partial charge on any atom is 0.337 e. The number of nitrogens with one attached hydrogen (secondary N) is 1. The summed E-state index contributed by atoms with van der Waals surface area (Å²) in [6, 6.07) is 11.7. The van der Waals surface area contributed by atoms with Gasteiger partial charge in [0.1, 0.15) is 0 Å². The van der Waals surface area contributed by atoms with E-state index in [9.17, 15) is 9.59 Å². The van der Waals surface area contributed by atoms with Gasteiger partial charge in [0.15, 0.2) is 0 Å². The molecule has 2 aromatic carbocycles. The first-order valence-corrected chi connectivity index (χ1v) is 6.79. The molecule has 6 heteroatoms. The third kappa shape index (κ3) is 3.97. The quantitative estimate of drug-likeness (QED) is 0.897. The fraction of sp³-hybridized carbons (Fsp3) is 0.0667. The van der Waals surface area contributed by atoms with E-state index in [1.165, 1.54) is 12.1 Å². The Labute approximate surface area is 131 Å². The lowest BCUT2D eigenvalue weighted by Gasteiger charge is -2.09. The summed E-state index contributed by atoms with van der Waals surface area (Å²) < 4.78 is 0. The first kappa shape index (κ1) is 15.4. The summed E-state index contributed by atoms with van der Waals surface area (Å²) in [5.74, 6) is -1.48. The number of carbonyl (C=O) groups excluding carboxylic acids is 1. The highest BCUT2D eigenvalue weighted by Gasteiger charge is 2.14. The minimum absolute atomic E-state index is 0.0218. The van der Waals surface area contributed by atoms with E-state index in [0.29, 0.717) is 0 Å². The van der Waals surface area contributed by atoms with Crippen molar-refractivity contribution < 1.29 is 14.7 Å². The van der Waals surface area contributed by atoms with E-state index in [1.807, 2.05) is 30.3 Å². The fourth-order valence-electron chi connectivity index (χ4n) is 1.78. The van der Waals surface area contributed by atoms with Gasteiger partial charge in [-0.2, -0.15) is 0 Å². The first-order valence-electron chi connectivity index (χ1n) is 6.03. The van der Waals surface area contributed by atoms with Crippen molar-refractivity contribution in [2.24, 2.45) is 0 Å². The Kier molecular flexibility index (Phi) is 4.83. The topological polar surface area (TPSA) is 66.4 Å². The minimum Gasteiger partial charge on any atom is -0.478 e. The smallest absolute Gasteiger partial charge is 0.337 e. The Morgan fingerprint density at radius 2 is 1.71 bits per heavy atom. The molecule has 0 unspecified atom stereocenters. The standard InChI is InChI=1S/C15H11Cl2NO3/c16-11-8-12(17)13(7-10(11)15(20)21)18-14(19)6-9-4-2-1-3-5-9/h1-5,7-8H,6H2,(H,18,19)(H,20,21). The zero-order valence-electron chi connectivity index (χ0n) is 10.8. The SMILES string of the molecule is O=C(Cc1ccccc1)Nc1cc(C(=O)O)c(Cl)cc1Cl. The van der Waals surface area contributed by atoms with Crippen LogP contribution in [0.5, 0.6) is 0 Å². The second-order valence-corrected chi connectivity index (χ2v) is 5.14. The third-order valence-electron chi connectivity index (χ3n) is 2.77. The Hall–Kier alpha value is -2.04. The lowest BCUT2D eigenvalue weighted by Crippen LogP contribution is -2.15. The van der Waals surface area contributed by atoms with E-state index < -0.39 is 5.97 Å². The van der Waals surface area contributed by atoms with Crippen molar-refractivity contribution in [3.05, 3.63) is 63.6 Å². The zero-order chi connectivity index (χ0) is 15.4. The molecule has 0 bridgehead atoms. The summed E-state index contributed by atoms with van der Waals surface area (Å²) in [6.45, 7) is 0. The van der Waals surface area contributed by atoms with Crippen molar-refractivity contribution in [2.45, 2.75) is 6.42 Å². The molecule has 0 heterocycles. The molecule has 0 saturated carbocycles. The Morgan fingerprint density at radius 1 is 1.05 bits per heavy atom. The minimum atomic E-state index is -1.18. The second kappa shape index (κ2) is 6.61. The first-order chi connectivity index (χ1) is 9.97. The fourth-order valence-corrected chi connectivity index (χ4v) is 2.30. The van der Waals surface area contributed by atoms with E-state index in [2.05, 4.69) is 5.32 Å². The number of hydrogen-bond acceptors (Lipinski definition) is 2. The molecular weight excluding hydrogens is 313 g/mol. The molecule has 0 aliphatic rings. The molecule has 2 rings (SSSR count). The van der Waals surface area contributed by atoms with Crippen molar-refractivity contribution in [1.29, 1.82) is 0 Å². The average Bonchev–Trinajstić information content (AvgIpc) is 2.42. The molecule has 0 aliphatic heterocycles. The van der Waals surface area contributed by atoms with Gasteiger partial charge in [-0.05, 0) is 17.7 Å². The van der Waals surface area contributed by atoms with Crippen LogP contribution in [0, 0.1) is 0 Å². The monoisotopic (exact) mass is 323 g/mol. The highest BCUT2D eigenvalue weighted by atomic mass is 35.5. The molecule has 0 saturated heterocycles. The lowest BCUT2D eigenvalue weighted by atomic mass is 10.1. The molecular formula is C15H11Cl2NO3. The number of carbonyl (C=O) groups is 2. The van der Waals surface area contributed by atoms with E-state index >= 15 is 0 Å². The summed E-state index contributed by atoms with van der Waals surface area (Å²) in [7, 11) is 0. The average molecular weight is 324 g/mol. The summed E-state index contributed by atoms with van der Waals surface area (Å²) in [4.78, 5) is 23.0. The Balaban J connectivity index is 2.17. The number of aromatic carboxylic acids is 1. The van der Waals surface area contributed by atoms with Crippen LogP contribution in [0.15, 0.2) is 42.5 Å². The van der Waals surface area contributed by atoms with E-state index in [4.69, 9.17) is 28.3 Å². The predicted molar refractivity (Wildman–Crippen MR) is 82.2 cm³/mol. The molecule has 2 aromatic rings. The maximum absolute atomic E-state index is 11.9. The number of carboxylic acid groups (broad SMARTS) is 1. The number of benzene rings is 2. The Bertz CT molecular complexity index is 687. The molecule has 4 nitrogen and oxygen atoms in total. The van der Waals surface area contributed by atoms with Crippen LogP contribution in [-0.4, -0.2) is 17.0 Å². The van der Waals surface area contributed by atoms with Gasteiger partial charge in [-0.15, -0.1) is 0 Å². The van der Waals surface area contributed by atoms with Crippen LogP contribution >= 0.6 is 23.2 Å². The molecule has 2 N–H and O–H groups in total. The van der Waals surface area contributed by atoms with Crippen LogP contribution in [0.1, 0.15) is 15.9 Å². The molecule has 0 spiro atoms. The summed E-state index contributed by atoms with van der Waals surface area (Å²) in [6.07, 6.45) is 0.169. The number of amides is 1. The number of rotatable bonds is 4. The summed E-state index contributed by atoms with van der Waals surface area (Å²) >= 11 is 11.7. The predicted octanol–water partition coefficient (Wildman–Crippen LogP) is 3.87. The van der Waals surface area contributed by atoms with Gasteiger partial charge in [0.05, 0.1) is 27.7 Å². The van der Waals surface area contributed by atoms with Crippen LogP contribution < -0.4 is 5.32 Å². The third-order valence-corrected chi connectivity index (χ3v) is 3.39. The van der Waals surface area contributed by atoms with Gasteiger partial charge < -0.3 is 10.4 Å². The molecule has 21 heavy (non-hydrogen) atoms. The van der Waals surface area contributed by atoms with Crippen molar-refractivity contribution in [3.63, 3.8) is 0 Å². The van der Waals surface area contributed by atoms with Crippen LogP contribution in [0.25, 0.3) is 0 Å². The normalized spacial score (nSPS) is 10.2. The number of carboxylic acids is 1. The lowest BCUT2D eigenvalue weighted by molar-refractivity contribution is -0.115. The van der Waals surface area contributed by atoms with Gasteiger partial charge in [0, 0.05) is 0 Å². The zero-order valence-corrected chi connectivity index (χ0v) is 12.3. The van der Waals surface area contributed by atoms with Crippen molar-refractivity contribution in [2.75, 3.05) is 5.32 Å². The van der Waals surface area contributed by atoms with Gasteiger partial charge >= 0.3 is 5.97 Å².